The van der Waals surface area contributed by atoms with E-state index in [1.807, 2.05) is 6.92 Å². The number of aliphatic hydroxyl groups is 2. The van der Waals surface area contributed by atoms with E-state index in [1.165, 1.54) is 0 Å². The van der Waals surface area contributed by atoms with E-state index in [2.05, 4.69) is 4.99 Å². The average Bonchev–Trinajstić information content (AvgIpc) is 2.17. The van der Waals surface area contributed by atoms with Crippen molar-refractivity contribution in [2.45, 2.75) is 38.5 Å². The van der Waals surface area contributed by atoms with E-state index < -0.39 is 17.8 Å². The third-order valence-corrected chi connectivity index (χ3v) is 2.32. The third kappa shape index (κ3) is 3.43. The molecule has 0 aliphatic rings. The molecule has 0 aliphatic heterocycles. The third-order valence-electron chi connectivity index (χ3n) is 2.32. The van der Waals surface area contributed by atoms with Crippen LogP contribution in [-0.4, -0.2) is 39.2 Å². The fourth-order valence-electron chi connectivity index (χ4n) is 1.05. The van der Waals surface area contributed by atoms with Gasteiger partial charge in [0, 0.05) is 0 Å². The molecular formula is C9H15NO5. The van der Waals surface area contributed by atoms with Gasteiger partial charge in [0.1, 0.15) is 6.10 Å². The molecular weight excluding hydrogens is 202 g/mol. The smallest absolute Gasteiger partial charge is 0.362 e. The molecule has 0 heterocycles. The SMILES string of the molecule is CCC(C)CC(O)C(O)(N=C=O)C(=O)O. The predicted molar refractivity (Wildman–Crippen MR) is 50.8 cm³/mol. The van der Waals surface area contributed by atoms with Gasteiger partial charge in [-0.05, 0) is 12.3 Å². The number of hydrogen-bond acceptors (Lipinski definition) is 5. The van der Waals surface area contributed by atoms with Gasteiger partial charge < -0.3 is 15.3 Å². The van der Waals surface area contributed by atoms with Crippen molar-refractivity contribution in [3.05, 3.63) is 0 Å². The summed E-state index contributed by atoms with van der Waals surface area (Å²) in [6, 6.07) is 0. The monoisotopic (exact) mass is 217 g/mol. The quantitative estimate of drug-likeness (QED) is 0.425. The van der Waals surface area contributed by atoms with Gasteiger partial charge in [0.25, 0.3) is 5.72 Å². The summed E-state index contributed by atoms with van der Waals surface area (Å²) in [5, 5.41) is 27.5. The van der Waals surface area contributed by atoms with Crippen LogP contribution in [0.2, 0.25) is 0 Å². The van der Waals surface area contributed by atoms with Crippen molar-refractivity contribution in [3.8, 4) is 0 Å². The normalized spacial score (nSPS) is 18.4. The summed E-state index contributed by atoms with van der Waals surface area (Å²) in [4.78, 5) is 23.3. The van der Waals surface area contributed by atoms with Crippen molar-refractivity contribution in [2.75, 3.05) is 0 Å². The Morgan fingerprint density at radius 2 is 2.13 bits per heavy atom. The molecule has 3 N–H and O–H groups in total. The maximum atomic E-state index is 10.6. The van der Waals surface area contributed by atoms with Gasteiger partial charge in [-0.2, -0.15) is 4.99 Å². The number of hydrogen-bond donors (Lipinski definition) is 3. The minimum Gasteiger partial charge on any atom is -0.478 e. The molecule has 0 amide bonds. The second kappa shape index (κ2) is 5.60. The van der Waals surface area contributed by atoms with Crippen LogP contribution in [0.25, 0.3) is 0 Å². The number of aliphatic hydroxyl groups excluding tert-OH is 1. The zero-order valence-corrected chi connectivity index (χ0v) is 8.67. The van der Waals surface area contributed by atoms with E-state index in [9.17, 15) is 19.8 Å². The maximum absolute atomic E-state index is 10.6. The lowest BCUT2D eigenvalue weighted by Crippen LogP contribution is -2.48. The van der Waals surface area contributed by atoms with Crippen LogP contribution < -0.4 is 0 Å². The lowest BCUT2D eigenvalue weighted by molar-refractivity contribution is -0.171. The van der Waals surface area contributed by atoms with Crippen LogP contribution in [0.1, 0.15) is 26.7 Å². The molecule has 0 saturated heterocycles. The number of carboxylic acid groups (broad SMARTS) is 1. The first-order chi connectivity index (χ1) is 6.88. The summed E-state index contributed by atoms with van der Waals surface area (Å²) in [6.07, 6.45) is 0.0928. The molecule has 86 valence electrons. The van der Waals surface area contributed by atoms with Gasteiger partial charge in [-0.3, -0.25) is 0 Å². The number of carbonyl (C=O) groups is 1. The molecule has 0 aromatic heterocycles. The van der Waals surface area contributed by atoms with Crippen LogP contribution in [0, 0.1) is 5.92 Å². The van der Waals surface area contributed by atoms with Crippen LogP contribution in [0.15, 0.2) is 4.99 Å². The van der Waals surface area contributed by atoms with Crippen LogP contribution in [0.5, 0.6) is 0 Å². The Morgan fingerprint density at radius 1 is 1.60 bits per heavy atom. The topological polar surface area (TPSA) is 107 Å². The first-order valence-corrected chi connectivity index (χ1v) is 4.61. The van der Waals surface area contributed by atoms with E-state index in [1.54, 1.807) is 6.92 Å². The Morgan fingerprint density at radius 3 is 2.47 bits per heavy atom. The van der Waals surface area contributed by atoms with Crippen LogP contribution >= 0.6 is 0 Å². The van der Waals surface area contributed by atoms with Crippen LogP contribution in [0.3, 0.4) is 0 Å². The van der Waals surface area contributed by atoms with Crippen molar-refractivity contribution in [3.63, 3.8) is 0 Å². The molecule has 6 heteroatoms. The highest BCUT2D eigenvalue weighted by Gasteiger charge is 2.44. The van der Waals surface area contributed by atoms with E-state index in [-0.39, 0.29) is 12.3 Å². The summed E-state index contributed by atoms with van der Waals surface area (Å²) < 4.78 is 0. The Bertz CT molecular complexity index is 270. The Labute approximate surface area is 87.3 Å². The molecule has 0 aliphatic carbocycles. The van der Waals surface area contributed by atoms with Crippen molar-refractivity contribution >= 4 is 12.0 Å². The van der Waals surface area contributed by atoms with E-state index in [4.69, 9.17) is 5.11 Å². The average molecular weight is 217 g/mol. The molecule has 0 spiro atoms. The fourth-order valence-corrected chi connectivity index (χ4v) is 1.05. The molecule has 3 atom stereocenters. The van der Waals surface area contributed by atoms with Crippen LogP contribution in [0.4, 0.5) is 0 Å². The zero-order chi connectivity index (χ0) is 12.1. The number of carboxylic acids is 1. The minimum atomic E-state index is -2.79. The number of isocyanates is 1. The van der Waals surface area contributed by atoms with E-state index in [0.29, 0.717) is 0 Å². The van der Waals surface area contributed by atoms with Gasteiger partial charge in [0.2, 0.25) is 6.08 Å². The Hall–Kier alpha value is -1.23. The van der Waals surface area contributed by atoms with Crippen molar-refractivity contribution in [2.24, 2.45) is 10.9 Å². The molecule has 0 saturated carbocycles. The highest BCUT2D eigenvalue weighted by molar-refractivity contribution is 5.78. The lowest BCUT2D eigenvalue weighted by atomic mass is 9.95. The molecule has 0 rings (SSSR count). The summed E-state index contributed by atoms with van der Waals surface area (Å²) >= 11 is 0. The first-order valence-electron chi connectivity index (χ1n) is 4.61. The minimum absolute atomic E-state index is 0.0210. The van der Waals surface area contributed by atoms with Gasteiger partial charge in [-0.15, -0.1) is 0 Å². The van der Waals surface area contributed by atoms with E-state index in [0.717, 1.165) is 12.5 Å². The highest BCUT2D eigenvalue weighted by atomic mass is 16.4. The summed E-state index contributed by atoms with van der Waals surface area (Å²) in [5.74, 6) is -1.74. The number of aliphatic carboxylic acids is 1. The number of aliphatic imine (C=N–C) groups is 1. The molecule has 6 nitrogen and oxygen atoms in total. The van der Waals surface area contributed by atoms with Gasteiger partial charge >= 0.3 is 5.97 Å². The molecule has 0 radical (unpaired) electrons. The van der Waals surface area contributed by atoms with Crippen LogP contribution in [-0.2, 0) is 9.59 Å². The Kier molecular flexibility index (Phi) is 5.14. The molecule has 0 aromatic carbocycles. The summed E-state index contributed by atoms with van der Waals surface area (Å²) in [7, 11) is 0. The number of nitrogens with zero attached hydrogens (tertiary/aromatic N) is 1. The van der Waals surface area contributed by atoms with Crippen molar-refractivity contribution in [1.29, 1.82) is 0 Å². The second-order valence-corrected chi connectivity index (χ2v) is 3.50. The lowest BCUT2D eigenvalue weighted by Gasteiger charge is -2.24. The van der Waals surface area contributed by atoms with Gasteiger partial charge in [-0.1, -0.05) is 20.3 Å². The second-order valence-electron chi connectivity index (χ2n) is 3.50. The maximum Gasteiger partial charge on any atom is 0.362 e. The predicted octanol–water partition coefficient (Wildman–Crippen LogP) is -0.107. The fraction of sp³-hybridized carbons (Fsp3) is 0.778. The first kappa shape index (κ1) is 13.8. The number of rotatable bonds is 6. The molecule has 0 fully saturated rings. The van der Waals surface area contributed by atoms with Gasteiger partial charge in [0.05, 0.1) is 0 Å². The van der Waals surface area contributed by atoms with Gasteiger partial charge in [-0.25, -0.2) is 9.59 Å². The molecule has 15 heavy (non-hydrogen) atoms. The largest absolute Gasteiger partial charge is 0.478 e. The number of carbonyl (C=O) groups excluding carboxylic acids is 1. The van der Waals surface area contributed by atoms with E-state index >= 15 is 0 Å². The standard InChI is InChI=1S/C9H15NO5/c1-3-6(2)4-7(12)9(15,8(13)14)10-5-11/h6-7,12,15H,3-4H2,1-2H3,(H,13,14). The molecule has 0 bridgehead atoms. The highest BCUT2D eigenvalue weighted by Crippen LogP contribution is 2.20. The zero-order valence-electron chi connectivity index (χ0n) is 8.67. The van der Waals surface area contributed by atoms with Gasteiger partial charge in [0.15, 0.2) is 0 Å². The molecule has 0 aromatic rings. The van der Waals surface area contributed by atoms with Crippen molar-refractivity contribution in [1.82, 2.24) is 0 Å². The Balaban J connectivity index is 4.78. The van der Waals surface area contributed by atoms with Crippen molar-refractivity contribution < 1.29 is 24.9 Å². The molecule has 3 unspecified atom stereocenters. The summed E-state index contributed by atoms with van der Waals surface area (Å²) in [5.41, 5.74) is -2.79. The summed E-state index contributed by atoms with van der Waals surface area (Å²) in [6.45, 7) is 3.65.